The van der Waals surface area contributed by atoms with Crippen molar-refractivity contribution in [3.8, 4) is 5.75 Å². The number of aliphatic hydroxyl groups is 3. The number of rotatable bonds is 25. The highest BCUT2D eigenvalue weighted by Crippen LogP contribution is 2.61. The largest absolute Gasteiger partial charge is 0.494 e. The van der Waals surface area contributed by atoms with E-state index >= 15 is 0 Å². The van der Waals surface area contributed by atoms with Crippen molar-refractivity contribution < 1.29 is 61.9 Å². The number of hydrogen-bond donors (Lipinski definition) is 6. The molecule has 6 N–H and O–H groups in total. The van der Waals surface area contributed by atoms with Gasteiger partial charge < -0.3 is 39.9 Å². The molecule has 2 unspecified atom stereocenters. The highest BCUT2D eigenvalue weighted by molar-refractivity contribution is 7.61. The summed E-state index contributed by atoms with van der Waals surface area (Å²) in [6.45, 7) is 0.857. The normalized spacial score (nSPS) is 24.2. The van der Waals surface area contributed by atoms with Crippen molar-refractivity contribution in [2.45, 2.75) is 127 Å². The van der Waals surface area contributed by atoms with Crippen molar-refractivity contribution >= 4 is 21.6 Å². The molecule has 0 bridgehead atoms. The van der Waals surface area contributed by atoms with Crippen LogP contribution in [-0.4, -0.2) is 81.5 Å². The van der Waals surface area contributed by atoms with Gasteiger partial charge in [-0.2, -0.15) is 4.31 Å². The van der Waals surface area contributed by atoms with Crippen LogP contribution in [0.1, 0.15) is 96.8 Å². The SMILES string of the molecule is CC(=O)N[C@H]1[C@@H](OP(=O)(O)OP(=O)(O)OCCCCCCCCCCCCCCCCOc2ccccc2)O[C@H](CO)[C@@H](O)[C@@H]1O. The Kier molecular flexibility index (Phi) is 19.7. The van der Waals surface area contributed by atoms with Crippen LogP contribution in [0.5, 0.6) is 5.75 Å². The van der Waals surface area contributed by atoms with Crippen LogP contribution in [0.3, 0.4) is 0 Å². The first-order valence-electron chi connectivity index (χ1n) is 16.2. The minimum atomic E-state index is -5.34. The maximum absolute atomic E-state index is 12.4. The topological polar surface area (TPSA) is 211 Å². The number of nitrogens with one attached hydrogen (secondary N) is 1. The fourth-order valence-corrected chi connectivity index (χ4v) is 7.27. The Bertz CT molecular complexity index is 1070. The molecule has 46 heavy (non-hydrogen) atoms. The zero-order valence-corrected chi connectivity index (χ0v) is 28.5. The smallest absolute Gasteiger partial charge is 0.483 e. The van der Waals surface area contributed by atoms with Gasteiger partial charge in [0, 0.05) is 6.92 Å². The van der Waals surface area contributed by atoms with Crippen LogP contribution < -0.4 is 10.1 Å². The fourth-order valence-electron chi connectivity index (χ4n) is 5.08. The monoisotopic (exact) mass is 697 g/mol. The van der Waals surface area contributed by atoms with Crippen molar-refractivity contribution in [1.82, 2.24) is 5.32 Å². The Hall–Kier alpha value is -1.41. The third-order valence-electron chi connectivity index (χ3n) is 7.50. The predicted octanol–water partition coefficient (Wildman–Crippen LogP) is 4.72. The number of phosphoric acid groups is 2. The van der Waals surface area contributed by atoms with E-state index in [0.717, 1.165) is 51.4 Å². The molecule has 2 rings (SSSR count). The van der Waals surface area contributed by atoms with E-state index in [2.05, 4.69) is 9.63 Å². The number of ether oxygens (including phenoxy) is 2. The molecule has 0 aliphatic carbocycles. The lowest BCUT2D eigenvalue weighted by atomic mass is 9.97. The fraction of sp³-hybridized carbons (Fsp3) is 0.767. The molecule has 1 aromatic carbocycles. The summed E-state index contributed by atoms with van der Waals surface area (Å²) in [5.41, 5.74) is 0. The lowest BCUT2D eigenvalue weighted by Gasteiger charge is -2.42. The van der Waals surface area contributed by atoms with Crippen LogP contribution in [0.2, 0.25) is 0 Å². The summed E-state index contributed by atoms with van der Waals surface area (Å²) in [7, 11) is -10.4. The zero-order chi connectivity index (χ0) is 33.8. The average molecular weight is 698 g/mol. The molecule has 7 atom stereocenters. The maximum Gasteiger partial charge on any atom is 0.483 e. The van der Waals surface area contributed by atoms with E-state index in [1.54, 1.807) is 0 Å². The van der Waals surface area contributed by atoms with Crippen molar-refractivity contribution in [1.29, 1.82) is 0 Å². The van der Waals surface area contributed by atoms with E-state index in [4.69, 9.17) is 18.5 Å². The summed E-state index contributed by atoms with van der Waals surface area (Å²) in [6, 6.07) is 8.34. The van der Waals surface area contributed by atoms with E-state index in [9.17, 15) is 39.0 Å². The second-order valence-electron chi connectivity index (χ2n) is 11.5. The van der Waals surface area contributed by atoms with Crippen molar-refractivity contribution in [2.24, 2.45) is 0 Å². The number of amides is 1. The van der Waals surface area contributed by atoms with E-state index < -0.39 is 58.8 Å². The number of aliphatic hydroxyl groups excluding tert-OH is 3. The van der Waals surface area contributed by atoms with Crippen LogP contribution in [0.25, 0.3) is 0 Å². The quantitative estimate of drug-likeness (QED) is 0.0604. The zero-order valence-electron chi connectivity index (χ0n) is 26.7. The van der Waals surface area contributed by atoms with E-state index in [0.29, 0.717) is 6.42 Å². The first-order valence-corrected chi connectivity index (χ1v) is 19.2. The van der Waals surface area contributed by atoms with Gasteiger partial charge in [0.25, 0.3) is 0 Å². The molecule has 16 heteroatoms. The van der Waals surface area contributed by atoms with Gasteiger partial charge in [-0.3, -0.25) is 13.8 Å². The summed E-state index contributed by atoms with van der Waals surface area (Å²) < 4.78 is 49.4. The first-order chi connectivity index (χ1) is 21.9. The predicted molar refractivity (Wildman–Crippen MR) is 170 cm³/mol. The minimum Gasteiger partial charge on any atom is -0.494 e. The van der Waals surface area contributed by atoms with Crippen LogP contribution in [-0.2, 0) is 32.0 Å². The third-order valence-corrected chi connectivity index (χ3v) is 10.1. The second-order valence-corrected chi connectivity index (χ2v) is 14.5. The molecule has 0 spiro atoms. The van der Waals surface area contributed by atoms with Gasteiger partial charge in [0.05, 0.1) is 19.8 Å². The number of benzene rings is 1. The van der Waals surface area contributed by atoms with Gasteiger partial charge in [0.1, 0.15) is 30.1 Å². The summed E-state index contributed by atoms with van der Waals surface area (Å²) >= 11 is 0. The van der Waals surface area contributed by atoms with Crippen LogP contribution in [0, 0.1) is 0 Å². The molecular formula is C30H53NO13P2. The minimum absolute atomic E-state index is 0.195. The number of unbranched alkanes of at least 4 members (excludes halogenated alkanes) is 13. The molecule has 1 fully saturated rings. The standard InChI is InChI=1S/C30H53NO13P2/c1-24(33)31-27-29(35)28(34)26(23-32)42-30(27)43-46(38,39)44-45(36,37)41-22-18-13-11-9-7-5-3-2-4-6-8-10-12-17-21-40-25-19-15-14-16-20-25/h14-16,19-20,26-30,32,34-35H,2-13,17-18,21-23H2,1H3,(H,31,33)(H,36,37)(H,38,39)/t26-,27-,28-,29-,30-/m1/s1. The molecule has 266 valence electrons. The van der Waals surface area contributed by atoms with Gasteiger partial charge in [0.15, 0.2) is 6.29 Å². The van der Waals surface area contributed by atoms with Gasteiger partial charge in [0.2, 0.25) is 5.91 Å². The van der Waals surface area contributed by atoms with Crippen molar-refractivity contribution in [3.05, 3.63) is 30.3 Å². The average Bonchev–Trinajstić information content (AvgIpc) is 2.99. The summed E-state index contributed by atoms with van der Waals surface area (Å²) in [5, 5.41) is 31.8. The van der Waals surface area contributed by atoms with Gasteiger partial charge in [-0.05, 0) is 25.0 Å². The van der Waals surface area contributed by atoms with E-state index in [1.807, 2.05) is 30.3 Å². The Labute approximate surface area is 272 Å². The molecule has 0 saturated carbocycles. The van der Waals surface area contributed by atoms with E-state index in [1.165, 1.54) is 51.4 Å². The number of hydrogen-bond acceptors (Lipinski definition) is 11. The van der Waals surface area contributed by atoms with Gasteiger partial charge in [-0.1, -0.05) is 95.2 Å². The number of carbonyl (C=O) groups is 1. The summed E-state index contributed by atoms with van der Waals surface area (Å²) in [5.74, 6) is 0.234. The lowest BCUT2D eigenvalue weighted by molar-refractivity contribution is -0.247. The highest BCUT2D eigenvalue weighted by Gasteiger charge is 2.49. The van der Waals surface area contributed by atoms with Gasteiger partial charge in [-0.25, -0.2) is 9.13 Å². The van der Waals surface area contributed by atoms with Crippen LogP contribution >= 0.6 is 15.6 Å². The van der Waals surface area contributed by atoms with E-state index in [-0.39, 0.29) is 6.61 Å². The van der Waals surface area contributed by atoms with Crippen LogP contribution in [0.4, 0.5) is 0 Å². The summed E-state index contributed by atoms with van der Waals surface area (Å²) in [4.78, 5) is 31.4. The summed E-state index contributed by atoms with van der Waals surface area (Å²) in [6.07, 6.45) is 8.39. The molecule has 1 aliphatic rings. The molecule has 14 nitrogen and oxygen atoms in total. The van der Waals surface area contributed by atoms with Gasteiger partial charge in [-0.15, -0.1) is 0 Å². The lowest BCUT2D eigenvalue weighted by Crippen LogP contribution is -2.64. The molecular weight excluding hydrogens is 644 g/mol. The molecule has 0 radical (unpaired) electrons. The Morgan fingerprint density at radius 1 is 0.783 bits per heavy atom. The van der Waals surface area contributed by atoms with Gasteiger partial charge >= 0.3 is 15.6 Å². The van der Waals surface area contributed by atoms with Crippen LogP contribution in [0.15, 0.2) is 30.3 Å². The molecule has 1 aromatic rings. The Morgan fingerprint density at radius 2 is 1.28 bits per heavy atom. The molecule has 1 heterocycles. The third kappa shape index (κ3) is 17.1. The number of para-hydroxylation sites is 1. The molecule has 1 amide bonds. The number of carbonyl (C=O) groups excluding carboxylic acids is 1. The second kappa shape index (κ2) is 22.3. The molecule has 1 saturated heterocycles. The Morgan fingerprint density at radius 3 is 1.78 bits per heavy atom. The molecule has 1 aliphatic heterocycles. The Balaban J connectivity index is 1.48. The molecule has 0 aromatic heterocycles. The highest BCUT2D eigenvalue weighted by atomic mass is 31.3. The van der Waals surface area contributed by atoms with Crippen molar-refractivity contribution in [3.63, 3.8) is 0 Å². The number of phosphoric ester groups is 2. The van der Waals surface area contributed by atoms with Crippen molar-refractivity contribution in [2.75, 3.05) is 19.8 Å². The maximum atomic E-state index is 12.4. The first kappa shape index (κ1) is 40.8.